The smallest absolute Gasteiger partial charge is 0.125 e. The van der Waals surface area contributed by atoms with Crippen LogP contribution in [0.3, 0.4) is 0 Å². The van der Waals surface area contributed by atoms with E-state index in [1.165, 1.54) is 0 Å². The molecule has 1 heterocycles. The molecule has 5 heteroatoms. The van der Waals surface area contributed by atoms with Crippen LogP contribution < -0.4 is 4.74 Å². The Bertz CT molecular complexity index is 437. The number of hydrogen-bond acceptors (Lipinski definition) is 4. The summed E-state index contributed by atoms with van der Waals surface area (Å²) in [6.07, 6.45) is 0. The van der Waals surface area contributed by atoms with Gasteiger partial charge in [-0.3, -0.25) is 9.80 Å². The molecular weight excluding hydrogens is 288 g/mol. The number of hydrogen-bond donors (Lipinski definition) is 1. The van der Waals surface area contributed by atoms with E-state index in [2.05, 4.69) is 9.80 Å². The van der Waals surface area contributed by atoms with Gasteiger partial charge in [0.15, 0.2) is 0 Å². The molecule has 0 radical (unpaired) electrons. The summed E-state index contributed by atoms with van der Waals surface area (Å²) in [7, 11) is 0. The molecule has 1 aliphatic heterocycles. The van der Waals surface area contributed by atoms with Crippen molar-refractivity contribution in [1.29, 1.82) is 0 Å². The molecule has 0 saturated carbocycles. The van der Waals surface area contributed by atoms with Crippen LogP contribution in [-0.2, 0) is 0 Å². The number of aliphatic hydroxyl groups is 1. The molecule has 0 atom stereocenters. The molecule has 0 amide bonds. The van der Waals surface area contributed by atoms with Crippen LogP contribution in [0.2, 0.25) is 5.02 Å². The van der Waals surface area contributed by atoms with Gasteiger partial charge in [0.1, 0.15) is 12.4 Å². The molecule has 0 aliphatic carbocycles. The van der Waals surface area contributed by atoms with Crippen molar-refractivity contribution in [2.75, 3.05) is 52.5 Å². The van der Waals surface area contributed by atoms with Crippen molar-refractivity contribution in [1.82, 2.24) is 9.80 Å². The molecule has 0 aromatic heterocycles. The van der Waals surface area contributed by atoms with Crippen molar-refractivity contribution >= 4 is 11.6 Å². The van der Waals surface area contributed by atoms with E-state index in [-0.39, 0.29) is 6.61 Å². The summed E-state index contributed by atoms with van der Waals surface area (Å²) in [5, 5.41) is 9.70. The quantitative estimate of drug-likeness (QED) is 0.871. The number of piperazine rings is 1. The second-order valence-electron chi connectivity index (χ2n) is 5.62. The van der Waals surface area contributed by atoms with Crippen LogP contribution in [-0.4, -0.2) is 67.4 Å². The molecule has 21 heavy (non-hydrogen) atoms. The van der Waals surface area contributed by atoms with E-state index >= 15 is 0 Å². The fourth-order valence-electron chi connectivity index (χ4n) is 2.78. The predicted molar refractivity (Wildman–Crippen MR) is 86.4 cm³/mol. The summed E-state index contributed by atoms with van der Waals surface area (Å²) >= 11 is 6.03. The Balaban J connectivity index is 1.76. The highest BCUT2D eigenvalue weighted by Crippen LogP contribution is 2.26. The number of halogens is 1. The molecule has 118 valence electrons. The summed E-state index contributed by atoms with van der Waals surface area (Å²) in [5.74, 6) is 0.957. The maximum Gasteiger partial charge on any atom is 0.125 e. The Morgan fingerprint density at radius 2 is 1.57 bits per heavy atom. The zero-order chi connectivity index (χ0) is 15.2. The van der Waals surface area contributed by atoms with Crippen LogP contribution >= 0.6 is 11.6 Å². The van der Waals surface area contributed by atoms with Gasteiger partial charge in [-0.1, -0.05) is 11.6 Å². The van der Waals surface area contributed by atoms with Crippen LogP contribution in [0.5, 0.6) is 5.75 Å². The lowest BCUT2D eigenvalue weighted by Gasteiger charge is -2.34. The monoisotopic (exact) mass is 312 g/mol. The zero-order valence-electron chi connectivity index (χ0n) is 12.9. The highest BCUT2D eigenvalue weighted by atomic mass is 35.5. The summed E-state index contributed by atoms with van der Waals surface area (Å²) < 4.78 is 5.95. The summed E-state index contributed by atoms with van der Waals surface area (Å²) in [6.45, 7) is 10.9. The van der Waals surface area contributed by atoms with E-state index in [4.69, 9.17) is 21.4 Å². The van der Waals surface area contributed by atoms with Crippen molar-refractivity contribution in [3.8, 4) is 5.75 Å². The standard InChI is InChI=1S/C16H25ClN2O2/c1-13-11-15(17)12-14(2)16(13)21-10-8-19-5-3-18(4-6-19)7-9-20/h11-12,20H,3-10H2,1-2H3. The molecule has 2 rings (SSSR count). The van der Waals surface area contributed by atoms with Crippen molar-refractivity contribution < 1.29 is 9.84 Å². The van der Waals surface area contributed by atoms with Gasteiger partial charge in [-0.15, -0.1) is 0 Å². The van der Waals surface area contributed by atoms with E-state index in [0.717, 1.165) is 61.2 Å². The third-order valence-electron chi connectivity index (χ3n) is 3.96. The lowest BCUT2D eigenvalue weighted by Crippen LogP contribution is -2.48. The summed E-state index contributed by atoms with van der Waals surface area (Å²) in [5.41, 5.74) is 2.18. The highest BCUT2D eigenvalue weighted by molar-refractivity contribution is 6.30. The number of β-amino-alcohol motifs (C(OH)–C–C–N with tert-alkyl or cyclic N) is 1. The van der Waals surface area contributed by atoms with Crippen molar-refractivity contribution in [3.63, 3.8) is 0 Å². The average Bonchev–Trinajstić information content (AvgIpc) is 2.44. The fourth-order valence-corrected chi connectivity index (χ4v) is 3.11. The van der Waals surface area contributed by atoms with E-state index < -0.39 is 0 Å². The molecule has 4 nitrogen and oxygen atoms in total. The lowest BCUT2D eigenvalue weighted by atomic mass is 10.1. The molecule has 0 unspecified atom stereocenters. The van der Waals surface area contributed by atoms with Crippen LogP contribution in [0.1, 0.15) is 11.1 Å². The number of benzene rings is 1. The Morgan fingerprint density at radius 1 is 1.05 bits per heavy atom. The van der Waals surface area contributed by atoms with Crippen molar-refractivity contribution in [3.05, 3.63) is 28.3 Å². The topological polar surface area (TPSA) is 35.9 Å². The average molecular weight is 313 g/mol. The molecular formula is C16H25ClN2O2. The third-order valence-corrected chi connectivity index (χ3v) is 4.18. The van der Waals surface area contributed by atoms with E-state index in [1.807, 2.05) is 26.0 Å². The Labute approximate surface area is 132 Å². The van der Waals surface area contributed by atoms with Gasteiger partial charge in [0.25, 0.3) is 0 Å². The van der Waals surface area contributed by atoms with Crippen LogP contribution in [0, 0.1) is 13.8 Å². The van der Waals surface area contributed by atoms with Crippen molar-refractivity contribution in [2.45, 2.75) is 13.8 Å². The van der Waals surface area contributed by atoms with Gasteiger partial charge >= 0.3 is 0 Å². The summed E-state index contributed by atoms with van der Waals surface area (Å²) in [4.78, 5) is 4.71. The van der Waals surface area contributed by atoms with Gasteiger partial charge in [0.2, 0.25) is 0 Å². The van der Waals surface area contributed by atoms with Crippen LogP contribution in [0.15, 0.2) is 12.1 Å². The molecule has 0 spiro atoms. The molecule has 0 bridgehead atoms. The van der Waals surface area contributed by atoms with Gasteiger partial charge in [-0.05, 0) is 37.1 Å². The second-order valence-corrected chi connectivity index (χ2v) is 6.06. The zero-order valence-corrected chi connectivity index (χ0v) is 13.7. The SMILES string of the molecule is Cc1cc(Cl)cc(C)c1OCCN1CCN(CCO)CC1. The van der Waals surface area contributed by atoms with Crippen molar-refractivity contribution in [2.24, 2.45) is 0 Å². The van der Waals surface area contributed by atoms with Crippen LogP contribution in [0.4, 0.5) is 0 Å². The van der Waals surface area contributed by atoms with E-state index in [1.54, 1.807) is 0 Å². The molecule has 1 N–H and O–H groups in total. The molecule has 1 aromatic rings. The fraction of sp³-hybridized carbons (Fsp3) is 0.625. The minimum Gasteiger partial charge on any atom is -0.492 e. The number of rotatable bonds is 6. The minimum atomic E-state index is 0.248. The van der Waals surface area contributed by atoms with Gasteiger partial charge in [0, 0.05) is 44.3 Å². The van der Waals surface area contributed by atoms with E-state index in [0.29, 0.717) is 6.61 Å². The summed E-state index contributed by atoms with van der Waals surface area (Å²) in [6, 6.07) is 3.88. The van der Waals surface area contributed by atoms with Crippen LogP contribution in [0.25, 0.3) is 0 Å². The molecule has 1 fully saturated rings. The lowest BCUT2D eigenvalue weighted by molar-refractivity contribution is 0.101. The number of aliphatic hydroxyl groups excluding tert-OH is 1. The first-order chi connectivity index (χ1) is 10.1. The Kier molecular flexibility index (Phi) is 6.30. The number of nitrogens with zero attached hydrogens (tertiary/aromatic N) is 2. The maximum absolute atomic E-state index is 8.94. The van der Waals surface area contributed by atoms with Gasteiger partial charge in [0.05, 0.1) is 6.61 Å². The first-order valence-electron chi connectivity index (χ1n) is 7.55. The first-order valence-corrected chi connectivity index (χ1v) is 7.93. The molecule has 1 aromatic carbocycles. The van der Waals surface area contributed by atoms with Gasteiger partial charge in [-0.2, -0.15) is 0 Å². The normalized spacial score (nSPS) is 17.1. The number of ether oxygens (including phenoxy) is 1. The van der Waals surface area contributed by atoms with E-state index in [9.17, 15) is 0 Å². The Morgan fingerprint density at radius 3 is 2.10 bits per heavy atom. The molecule has 1 aliphatic rings. The second kappa shape index (κ2) is 7.99. The third kappa shape index (κ3) is 4.85. The maximum atomic E-state index is 8.94. The molecule has 1 saturated heterocycles. The highest BCUT2D eigenvalue weighted by Gasteiger charge is 2.16. The minimum absolute atomic E-state index is 0.248. The first kappa shape index (κ1) is 16.6. The number of aryl methyl sites for hydroxylation is 2. The van der Waals surface area contributed by atoms with Gasteiger partial charge in [-0.25, -0.2) is 0 Å². The predicted octanol–water partition coefficient (Wildman–Crippen LogP) is 1.95. The Hall–Kier alpha value is -0.810. The largest absolute Gasteiger partial charge is 0.492 e. The van der Waals surface area contributed by atoms with Gasteiger partial charge < -0.3 is 9.84 Å².